The molecule has 1 heterocycles. The molecular weight excluding hydrogens is 158 g/mol. The van der Waals surface area contributed by atoms with Crippen molar-refractivity contribution in [1.82, 2.24) is 5.32 Å². The van der Waals surface area contributed by atoms with E-state index >= 15 is 0 Å². The van der Waals surface area contributed by atoms with Crippen LogP contribution >= 0.6 is 0 Å². The van der Waals surface area contributed by atoms with E-state index in [0.29, 0.717) is 18.9 Å². The van der Waals surface area contributed by atoms with Crippen LogP contribution in [-0.2, 0) is 9.53 Å². The van der Waals surface area contributed by atoms with Gasteiger partial charge in [-0.3, -0.25) is 4.79 Å². The first-order valence-corrected chi connectivity index (χ1v) is 4.06. The van der Waals surface area contributed by atoms with Gasteiger partial charge in [0.25, 0.3) is 0 Å². The monoisotopic (exact) mass is 173 g/mol. The van der Waals surface area contributed by atoms with E-state index in [1.165, 1.54) is 0 Å². The Bertz CT molecular complexity index is 183. The summed E-state index contributed by atoms with van der Waals surface area (Å²) < 4.78 is 4.97. The number of methoxy groups -OCH3 is 1. The number of aliphatic carboxylic acids is 1. The molecule has 0 aromatic heterocycles. The summed E-state index contributed by atoms with van der Waals surface area (Å²) in [5.74, 6) is -0.447. The quantitative estimate of drug-likeness (QED) is 0.635. The van der Waals surface area contributed by atoms with Crippen molar-refractivity contribution in [2.45, 2.75) is 18.9 Å². The lowest BCUT2D eigenvalue weighted by molar-refractivity contribution is -0.143. The van der Waals surface area contributed by atoms with Crippen molar-refractivity contribution in [3.8, 4) is 0 Å². The predicted molar refractivity (Wildman–Crippen MR) is 44.0 cm³/mol. The highest BCUT2D eigenvalue weighted by Crippen LogP contribution is 2.23. The van der Waals surface area contributed by atoms with Gasteiger partial charge < -0.3 is 15.2 Å². The molecule has 0 radical (unpaired) electrons. The normalized spacial score (nSPS) is 35.3. The Kier molecular flexibility index (Phi) is 2.69. The van der Waals surface area contributed by atoms with Crippen molar-refractivity contribution in [2.24, 2.45) is 5.92 Å². The van der Waals surface area contributed by atoms with Gasteiger partial charge in [-0.1, -0.05) is 0 Å². The smallest absolute Gasteiger partial charge is 0.323 e. The molecule has 2 N–H and O–H groups in total. The van der Waals surface area contributed by atoms with E-state index in [1.807, 2.05) is 0 Å². The molecule has 1 aliphatic rings. The fourth-order valence-electron chi connectivity index (χ4n) is 1.61. The molecule has 4 nitrogen and oxygen atoms in total. The van der Waals surface area contributed by atoms with E-state index in [1.54, 1.807) is 14.0 Å². The Morgan fingerprint density at radius 1 is 1.83 bits per heavy atom. The van der Waals surface area contributed by atoms with Gasteiger partial charge in [-0.25, -0.2) is 0 Å². The van der Waals surface area contributed by atoms with Crippen molar-refractivity contribution < 1.29 is 14.6 Å². The summed E-state index contributed by atoms with van der Waals surface area (Å²) in [5, 5.41) is 11.8. The second-order valence-electron chi connectivity index (χ2n) is 3.54. The van der Waals surface area contributed by atoms with Crippen molar-refractivity contribution in [2.75, 3.05) is 20.3 Å². The molecule has 0 saturated carbocycles. The van der Waals surface area contributed by atoms with Crippen LogP contribution < -0.4 is 5.32 Å². The summed E-state index contributed by atoms with van der Waals surface area (Å²) in [6.07, 6.45) is 0.649. The van der Waals surface area contributed by atoms with Crippen LogP contribution in [0.5, 0.6) is 0 Å². The summed E-state index contributed by atoms with van der Waals surface area (Å²) in [5.41, 5.74) is -0.747. The zero-order chi connectivity index (χ0) is 9.19. The minimum Gasteiger partial charge on any atom is -0.480 e. The van der Waals surface area contributed by atoms with Crippen molar-refractivity contribution in [3.05, 3.63) is 0 Å². The van der Waals surface area contributed by atoms with E-state index in [4.69, 9.17) is 9.84 Å². The van der Waals surface area contributed by atoms with E-state index in [-0.39, 0.29) is 0 Å². The van der Waals surface area contributed by atoms with Crippen LogP contribution in [0.1, 0.15) is 13.3 Å². The van der Waals surface area contributed by atoms with Gasteiger partial charge in [0.15, 0.2) is 0 Å². The molecular formula is C8H15NO3. The van der Waals surface area contributed by atoms with Crippen LogP contribution in [0.3, 0.4) is 0 Å². The maximum absolute atomic E-state index is 10.8. The van der Waals surface area contributed by atoms with Gasteiger partial charge in [-0.05, 0) is 19.3 Å². The number of carbonyl (C=O) groups is 1. The number of rotatable bonds is 3. The van der Waals surface area contributed by atoms with Crippen molar-refractivity contribution >= 4 is 5.97 Å². The third-order valence-electron chi connectivity index (χ3n) is 2.35. The van der Waals surface area contributed by atoms with Crippen molar-refractivity contribution in [3.63, 3.8) is 0 Å². The Hall–Kier alpha value is -0.610. The predicted octanol–water partition coefficient (Wildman–Crippen LogP) is 0.0856. The molecule has 0 amide bonds. The zero-order valence-corrected chi connectivity index (χ0v) is 7.46. The summed E-state index contributed by atoms with van der Waals surface area (Å²) in [6, 6.07) is 0. The molecule has 0 aromatic carbocycles. The first kappa shape index (κ1) is 9.48. The SMILES string of the molecule is COCC1CNC(C)(C(=O)O)C1. The third-order valence-corrected chi connectivity index (χ3v) is 2.35. The van der Waals surface area contributed by atoms with Gasteiger partial charge in [0.1, 0.15) is 5.54 Å². The maximum Gasteiger partial charge on any atom is 0.323 e. The average molecular weight is 173 g/mol. The van der Waals surface area contributed by atoms with Gasteiger partial charge in [-0.15, -0.1) is 0 Å². The fourth-order valence-corrected chi connectivity index (χ4v) is 1.61. The number of ether oxygens (including phenoxy) is 1. The summed E-state index contributed by atoms with van der Waals surface area (Å²) in [4.78, 5) is 10.8. The van der Waals surface area contributed by atoms with Crippen LogP contribution in [0.2, 0.25) is 0 Å². The summed E-state index contributed by atoms with van der Waals surface area (Å²) in [6.45, 7) is 3.08. The standard InChI is InChI=1S/C8H15NO3/c1-8(7(10)11)3-6(4-9-8)5-12-2/h6,9H,3-5H2,1-2H3,(H,10,11). The number of hydrogen-bond donors (Lipinski definition) is 2. The number of nitrogens with one attached hydrogen (secondary N) is 1. The molecule has 0 spiro atoms. The fraction of sp³-hybridized carbons (Fsp3) is 0.875. The first-order chi connectivity index (χ1) is 5.58. The Labute approximate surface area is 71.9 Å². The minimum absolute atomic E-state index is 0.330. The van der Waals surface area contributed by atoms with Gasteiger partial charge >= 0.3 is 5.97 Å². The summed E-state index contributed by atoms with van der Waals surface area (Å²) >= 11 is 0. The van der Waals surface area contributed by atoms with E-state index in [9.17, 15) is 4.79 Å². The van der Waals surface area contributed by atoms with Crippen molar-refractivity contribution in [1.29, 1.82) is 0 Å². The molecule has 1 aliphatic heterocycles. The Morgan fingerprint density at radius 2 is 2.50 bits per heavy atom. The van der Waals surface area contributed by atoms with Gasteiger partial charge in [0.05, 0.1) is 6.61 Å². The lowest BCUT2D eigenvalue weighted by Gasteiger charge is -2.17. The molecule has 0 aliphatic carbocycles. The molecule has 2 atom stereocenters. The van der Waals surface area contributed by atoms with Gasteiger partial charge in [-0.2, -0.15) is 0 Å². The molecule has 1 rings (SSSR count). The highest BCUT2D eigenvalue weighted by atomic mass is 16.5. The molecule has 0 bridgehead atoms. The van der Waals surface area contributed by atoms with Crippen LogP contribution in [0, 0.1) is 5.92 Å². The van der Waals surface area contributed by atoms with E-state index in [2.05, 4.69) is 5.32 Å². The molecule has 2 unspecified atom stereocenters. The second kappa shape index (κ2) is 3.41. The molecule has 70 valence electrons. The first-order valence-electron chi connectivity index (χ1n) is 4.06. The average Bonchev–Trinajstić information content (AvgIpc) is 2.34. The third kappa shape index (κ3) is 1.76. The van der Waals surface area contributed by atoms with Gasteiger partial charge in [0, 0.05) is 13.7 Å². The highest BCUT2D eigenvalue weighted by molar-refractivity contribution is 5.78. The molecule has 1 fully saturated rings. The topological polar surface area (TPSA) is 58.6 Å². The number of carboxylic acid groups (broad SMARTS) is 1. The summed E-state index contributed by atoms with van der Waals surface area (Å²) in [7, 11) is 1.64. The number of hydrogen-bond acceptors (Lipinski definition) is 3. The maximum atomic E-state index is 10.8. The van der Waals surface area contributed by atoms with Gasteiger partial charge in [0.2, 0.25) is 0 Å². The van der Waals surface area contributed by atoms with E-state index in [0.717, 1.165) is 6.54 Å². The van der Waals surface area contributed by atoms with Crippen LogP contribution in [0.25, 0.3) is 0 Å². The zero-order valence-electron chi connectivity index (χ0n) is 7.46. The van der Waals surface area contributed by atoms with Crippen LogP contribution in [0.15, 0.2) is 0 Å². The van der Waals surface area contributed by atoms with Crippen LogP contribution in [-0.4, -0.2) is 36.9 Å². The lowest BCUT2D eigenvalue weighted by Crippen LogP contribution is -2.44. The lowest BCUT2D eigenvalue weighted by atomic mass is 9.96. The second-order valence-corrected chi connectivity index (χ2v) is 3.54. The highest BCUT2D eigenvalue weighted by Gasteiger charge is 2.40. The van der Waals surface area contributed by atoms with Crippen LogP contribution in [0.4, 0.5) is 0 Å². The molecule has 1 saturated heterocycles. The largest absolute Gasteiger partial charge is 0.480 e. The molecule has 12 heavy (non-hydrogen) atoms. The molecule has 0 aromatic rings. The molecule has 4 heteroatoms. The Balaban J connectivity index is 2.49. The number of carboxylic acids is 1. The Morgan fingerprint density at radius 3 is 2.92 bits per heavy atom. The van der Waals surface area contributed by atoms with E-state index < -0.39 is 11.5 Å². The minimum atomic E-state index is -0.777.